The number of hydrogen-bond donors (Lipinski definition) is 1. The van der Waals surface area contributed by atoms with Gasteiger partial charge < -0.3 is 19.7 Å². The summed E-state index contributed by atoms with van der Waals surface area (Å²) in [5, 5.41) is 2.84. The van der Waals surface area contributed by atoms with E-state index in [4.69, 9.17) is 9.47 Å². The number of carbonyl (C=O) groups excluding carboxylic acids is 3. The first-order valence-electron chi connectivity index (χ1n) is 9.50. The summed E-state index contributed by atoms with van der Waals surface area (Å²) in [5.41, 5.74) is 0.836. The number of rotatable bonds is 6. The van der Waals surface area contributed by atoms with E-state index in [1.165, 1.54) is 6.92 Å². The Kier molecular flexibility index (Phi) is 5.98. The van der Waals surface area contributed by atoms with Gasteiger partial charge in [0.15, 0.2) is 17.3 Å². The third-order valence-corrected chi connectivity index (χ3v) is 4.98. The zero-order valence-electron chi connectivity index (χ0n) is 15.9. The molecule has 2 amide bonds. The minimum atomic E-state index is -0.161. The van der Waals surface area contributed by atoms with Crippen molar-refractivity contribution in [3.8, 4) is 11.5 Å². The molecule has 0 radical (unpaired) electrons. The lowest BCUT2D eigenvalue weighted by atomic mass is 9.94. The molecule has 0 bridgehead atoms. The molecular weight excluding hydrogens is 348 g/mol. The first-order chi connectivity index (χ1) is 13.0. The van der Waals surface area contributed by atoms with Crippen LogP contribution in [-0.2, 0) is 9.59 Å². The highest BCUT2D eigenvalue weighted by atomic mass is 16.7. The molecule has 1 atom stereocenters. The summed E-state index contributed by atoms with van der Waals surface area (Å²) in [4.78, 5) is 38.5. The molecule has 0 aliphatic carbocycles. The van der Waals surface area contributed by atoms with Gasteiger partial charge in [-0.3, -0.25) is 14.4 Å². The smallest absolute Gasteiger partial charge is 0.231 e. The number of nitrogens with one attached hydrogen (secondary N) is 1. The van der Waals surface area contributed by atoms with E-state index in [0.29, 0.717) is 42.1 Å². The number of likely N-dealkylation sites (tertiary alicyclic amines) is 1. The second-order valence-corrected chi connectivity index (χ2v) is 7.16. The van der Waals surface area contributed by atoms with E-state index in [9.17, 15) is 14.4 Å². The van der Waals surface area contributed by atoms with Gasteiger partial charge in [-0.05, 0) is 38.2 Å². The number of Topliss-reactive ketones (excluding diaryl/α,β-unsaturated/α-hetero) is 1. The maximum Gasteiger partial charge on any atom is 0.231 e. The van der Waals surface area contributed by atoms with Crippen LogP contribution in [0.5, 0.6) is 11.5 Å². The average Bonchev–Trinajstić information content (AvgIpc) is 3.08. The van der Waals surface area contributed by atoms with Gasteiger partial charge in [0.25, 0.3) is 0 Å². The lowest BCUT2D eigenvalue weighted by molar-refractivity contribution is -0.133. The number of benzene rings is 1. The van der Waals surface area contributed by atoms with E-state index in [1.807, 2.05) is 11.8 Å². The molecule has 1 N–H and O–H groups in total. The Balaban J connectivity index is 1.64. The predicted octanol–water partition coefficient (Wildman–Crippen LogP) is 2.99. The fourth-order valence-corrected chi connectivity index (χ4v) is 3.63. The van der Waals surface area contributed by atoms with Crippen LogP contribution in [0.4, 0.5) is 5.69 Å². The molecular formula is C20H26N2O5. The highest BCUT2D eigenvalue weighted by molar-refractivity contribution is 6.04. The average molecular weight is 374 g/mol. The summed E-state index contributed by atoms with van der Waals surface area (Å²) in [6.07, 6.45) is 3.54. The van der Waals surface area contributed by atoms with Crippen LogP contribution < -0.4 is 14.8 Å². The first-order valence-corrected chi connectivity index (χ1v) is 9.50. The van der Waals surface area contributed by atoms with Gasteiger partial charge in [0, 0.05) is 37.6 Å². The van der Waals surface area contributed by atoms with E-state index < -0.39 is 0 Å². The zero-order chi connectivity index (χ0) is 19.4. The van der Waals surface area contributed by atoms with Crippen LogP contribution in [-0.4, -0.2) is 42.4 Å². The maximum atomic E-state index is 12.6. The number of amides is 2. The molecule has 1 aromatic rings. The standard InChI is InChI=1S/C20H26N2O5/c1-3-5-20(25)22-7-4-6-14(11-22)8-19(24)21-16-10-18-17(26-12-27-18)9-15(16)13(2)23/h9-10,14H,3-8,11-12H2,1-2H3,(H,21,24). The predicted molar refractivity (Wildman–Crippen MR) is 100 cm³/mol. The second-order valence-electron chi connectivity index (χ2n) is 7.16. The summed E-state index contributed by atoms with van der Waals surface area (Å²) in [7, 11) is 0. The Bertz CT molecular complexity index is 746. The number of carbonyl (C=O) groups is 3. The van der Waals surface area contributed by atoms with E-state index in [0.717, 1.165) is 25.8 Å². The van der Waals surface area contributed by atoms with E-state index in [2.05, 4.69) is 5.32 Å². The van der Waals surface area contributed by atoms with Crippen LogP contribution >= 0.6 is 0 Å². The molecule has 3 rings (SSSR count). The molecule has 0 saturated carbocycles. The molecule has 146 valence electrons. The van der Waals surface area contributed by atoms with Gasteiger partial charge in [-0.15, -0.1) is 0 Å². The van der Waals surface area contributed by atoms with Crippen molar-refractivity contribution in [3.05, 3.63) is 17.7 Å². The molecule has 0 spiro atoms. The fourth-order valence-electron chi connectivity index (χ4n) is 3.63. The summed E-state index contributed by atoms with van der Waals surface area (Å²) in [6, 6.07) is 3.24. The SMILES string of the molecule is CCCC(=O)N1CCCC(CC(=O)Nc2cc3c(cc2C(C)=O)OCO3)C1. The van der Waals surface area contributed by atoms with E-state index in [-0.39, 0.29) is 30.3 Å². The number of piperidine rings is 1. The maximum absolute atomic E-state index is 12.6. The van der Waals surface area contributed by atoms with Crippen molar-refractivity contribution in [2.24, 2.45) is 5.92 Å². The molecule has 2 aliphatic heterocycles. The van der Waals surface area contributed by atoms with Gasteiger partial charge in [-0.1, -0.05) is 6.92 Å². The highest BCUT2D eigenvalue weighted by Crippen LogP contribution is 2.37. The zero-order valence-corrected chi connectivity index (χ0v) is 15.9. The first kappa shape index (κ1) is 19.2. The lowest BCUT2D eigenvalue weighted by Crippen LogP contribution is -2.40. The van der Waals surface area contributed by atoms with Crippen LogP contribution in [0.3, 0.4) is 0 Å². The van der Waals surface area contributed by atoms with Gasteiger partial charge in [0.1, 0.15) is 0 Å². The minimum Gasteiger partial charge on any atom is -0.454 e. The van der Waals surface area contributed by atoms with Crippen molar-refractivity contribution in [1.82, 2.24) is 4.90 Å². The molecule has 1 saturated heterocycles. The van der Waals surface area contributed by atoms with Crippen LogP contribution in [0.2, 0.25) is 0 Å². The quantitative estimate of drug-likeness (QED) is 0.774. The Morgan fingerprint density at radius 2 is 1.96 bits per heavy atom. The molecule has 1 unspecified atom stereocenters. The second kappa shape index (κ2) is 8.41. The van der Waals surface area contributed by atoms with Crippen LogP contribution in [0.25, 0.3) is 0 Å². The molecule has 27 heavy (non-hydrogen) atoms. The molecule has 7 heteroatoms. The normalized spacial score (nSPS) is 18.3. The van der Waals surface area contributed by atoms with Crippen molar-refractivity contribution < 1.29 is 23.9 Å². The number of nitrogens with zero attached hydrogens (tertiary/aromatic N) is 1. The summed E-state index contributed by atoms with van der Waals surface area (Å²) < 4.78 is 10.6. The van der Waals surface area contributed by atoms with Gasteiger partial charge in [-0.25, -0.2) is 0 Å². The fraction of sp³-hybridized carbons (Fsp3) is 0.550. The largest absolute Gasteiger partial charge is 0.454 e. The molecule has 2 aliphatic rings. The van der Waals surface area contributed by atoms with E-state index in [1.54, 1.807) is 12.1 Å². The number of anilines is 1. The number of ketones is 1. The molecule has 1 aromatic carbocycles. The molecule has 1 fully saturated rings. The van der Waals surface area contributed by atoms with Gasteiger partial charge in [0.05, 0.1) is 5.69 Å². The van der Waals surface area contributed by atoms with Crippen molar-refractivity contribution in [2.45, 2.75) is 46.0 Å². The monoisotopic (exact) mass is 374 g/mol. The molecule has 7 nitrogen and oxygen atoms in total. The third-order valence-electron chi connectivity index (χ3n) is 4.98. The molecule has 2 heterocycles. The van der Waals surface area contributed by atoms with Crippen LogP contribution in [0.15, 0.2) is 12.1 Å². The summed E-state index contributed by atoms with van der Waals surface area (Å²) in [5.74, 6) is 1.01. The van der Waals surface area contributed by atoms with E-state index >= 15 is 0 Å². The number of hydrogen-bond acceptors (Lipinski definition) is 5. The lowest BCUT2D eigenvalue weighted by Gasteiger charge is -2.32. The molecule has 0 aromatic heterocycles. The Morgan fingerprint density at radius 1 is 1.22 bits per heavy atom. The van der Waals surface area contributed by atoms with Crippen LogP contribution in [0, 0.1) is 5.92 Å². The third kappa shape index (κ3) is 4.59. The van der Waals surface area contributed by atoms with Crippen molar-refractivity contribution in [1.29, 1.82) is 0 Å². The summed E-state index contributed by atoms with van der Waals surface area (Å²) >= 11 is 0. The topological polar surface area (TPSA) is 84.9 Å². The Hall–Kier alpha value is -2.57. The summed E-state index contributed by atoms with van der Waals surface area (Å²) in [6.45, 7) is 4.94. The van der Waals surface area contributed by atoms with Gasteiger partial charge >= 0.3 is 0 Å². The Labute approximate surface area is 159 Å². The van der Waals surface area contributed by atoms with Crippen LogP contribution in [0.1, 0.15) is 56.3 Å². The van der Waals surface area contributed by atoms with Crippen molar-refractivity contribution >= 4 is 23.3 Å². The number of ether oxygens (including phenoxy) is 2. The Morgan fingerprint density at radius 3 is 2.67 bits per heavy atom. The number of fused-ring (bicyclic) bond motifs is 1. The highest BCUT2D eigenvalue weighted by Gasteiger charge is 2.26. The van der Waals surface area contributed by atoms with Gasteiger partial charge in [0.2, 0.25) is 18.6 Å². The van der Waals surface area contributed by atoms with Gasteiger partial charge in [-0.2, -0.15) is 0 Å². The van der Waals surface area contributed by atoms with Crippen molar-refractivity contribution in [2.75, 3.05) is 25.2 Å². The van der Waals surface area contributed by atoms with Crippen molar-refractivity contribution in [3.63, 3.8) is 0 Å². The minimum absolute atomic E-state index is 0.105.